The van der Waals surface area contributed by atoms with Gasteiger partial charge in [-0.15, -0.1) is 0 Å². The Kier molecular flexibility index (Phi) is 13.1. The zero-order chi connectivity index (χ0) is 31.3. The predicted molar refractivity (Wildman–Crippen MR) is 167 cm³/mol. The molecule has 8 N–H and O–H groups in total. The SMILES string of the molecule is COc1ccc(N)c(C)c1.Cc1c(N)cccc1[N+](=O)[O-].Cc1cc([N+](=O)[O-])ccc1N.Cc1cccc(N)c1C. The van der Waals surface area contributed by atoms with Crippen LogP contribution in [0.2, 0.25) is 0 Å². The van der Waals surface area contributed by atoms with Crippen molar-refractivity contribution in [1.82, 2.24) is 0 Å². The van der Waals surface area contributed by atoms with Gasteiger partial charge in [0.25, 0.3) is 11.4 Å². The van der Waals surface area contributed by atoms with Gasteiger partial charge in [-0.25, -0.2) is 0 Å². The maximum Gasteiger partial charge on any atom is 0.274 e. The van der Waals surface area contributed by atoms with Crippen molar-refractivity contribution in [2.45, 2.75) is 34.6 Å². The monoisotopic (exact) mass is 562 g/mol. The van der Waals surface area contributed by atoms with E-state index in [1.54, 1.807) is 33.1 Å². The molecule has 218 valence electrons. The van der Waals surface area contributed by atoms with Crippen LogP contribution in [0.25, 0.3) is 0 Å². The fourth-order valence-corrected chi connectivity index (χ4v) is 3.16. The van der Waals surface area contributed by atoms with Crippen molar-refractivity contribution >= 4 is 34.1 Å². The van der Waals surface area contributed by atoms with Gasteiger partial charge in [-0.3, -0.25) is 20.2 Å². The molecule has 11 heteroatoms. The zero-order valence-electron chi connectivity index (χ0n) is 24.2. The average Bonchev–Trinajstić information content (AvgIpc) is 2.92. The first-order valence-electron chi connectivity index (χ1n) is 12.4. The Morgan fingerprint density at radius 1 is 0.585 bits per heavy atom. The van der Waals surface area contributed by atoms with E-state index < -0.39 is 9.85 Å². The Morgan fingerprint density at radius 3 is 1.51 bits per heavy atom. The summed E-state index contributed by atoms with van der Waals surface area (Å²) in [6, 6.07) is 20.6. The van der Waals surface area contributed by atoms with Crippen LogP contribution in [0.5, 0.6) is 5.75 Å². The first-order valence-corrected chi connectivity index (χ1v) is 12.4. The lowest BCUT2D eigenvalue weighted by molar-refractivity contribution is -0.385. The molecule has 0 radical (unpaired) electrons. The van der Waals surface area contributed by atoms with Gasteiger partial charge < -0.3 is 27.7 Å². The number of anilines is 4. The lowest BCUT2D eigenvalue weighted by atomic mass is 10.1. The van der Waals surface area contributed by atoms with Crippen LogP contribution >= 0.6 is 0 Å². The molecule has 0 amide bonds. The summed E-state index contributed by atoms with van der Waals surface area (Å²) in [6.07, 6.45) is 0. The molecule has 0 saturated heterocycles. The van der Waals surface area contributed by atoms with Gasteiger partial charge in [0.2, 0.25) is 0 Å². The minimum atomic E-state index is -0.439. The Balaban J connectivity index is 0.000000274. The number of nitrogens with zero attached hydrogens (tertiary/aromatic N) is 2. The molecule has 0 fully saturated rings. The first-order chi connectivity index (χ1) is 19.2. The Morgan fingerprint density at radius 2 is 1.10 bits per heavy atom. The number of nitro groups is 2. The highest BCUT2D eigenvalue weighted by Gasteiger charge is 2.10. The number of rotatable bonds is 3. The third-order valence-corrected chi connectivity index (χ3v) is 6.13. The quantitative estimate of drug-likeness (QED) is 0.123. The lowest BCUT2D eigenvalue weighted by Gasteiger charge is -2.02. The normalized spacial score (nSPS) is 9.51. The molecule has 4 rings (SSSR count). The van der Waals surface area contributed by atoms with Gasteiger partial charge in [0.05, 0.1) is 17.0 Å². The molecule has 0 aliphatic carbocycles. The second-order valence-electron chi connectivity index (χ2n) is 9.06. The zero-order valence-corrected chi connectivity index (χ0v) is 24.2. The number of nitrogen functional groups attached to an aromatic ring is 4. The number of hydrogen-bond donors (Lipinski definition) is 4. The third-order valence-electron chi connectivity index (χ3n) is 6.13. The van der Waals surface area contributed by atoms with Crippen molar-refractivity contribution in [3.8, 4) is 5.75 Å². The number of nitrogens with two attached hydrogens (primary N) is 4. The van der Waals surface area contributed by atoms with E-state index in [1.165, 1.54) is 35.4 Å². The van der Waals surface area contributed by atoms with E-state index in [1.807, 2.05) is 44.2 Å². The maximum absolute atomic E-state index is 10.3. The van der Waals surface area contributed by atoms with Gasteiger partial charge >= 0.3 is 0 Å². The van der Waals surface area contributed by atoms with Gasteiger partial charge in [-0.1, -0.05) is 18.2 Å². The largest absolute Gasteiger partial charge is 0.497 e. The van der Waals surface area contributed by atoms with E-state index in [-0.39, 0.29) is 11.4 Å². The van der Waals surface area contributed by atoms with E-state index in [0.29, 0.717) is 16.9 Å². The van der Waals surface area contributed by atoms with Crippen LogP contribution in [0.4, 0.5) is 34.1 Å². The molecule has 0 aromatic heterocycles. The van der Waals surface area contributed by atoms with Gasteiger partial charge in [0, 0.05) is 46.5 Å². The summed E-state index contributed by atoms with van der Waals surface area (Å²) in [5, 5.41) is 20.6. The molecule has 4 aromatic carbocycles. The number of ether oxygens (including phenoxy) is 1. The van der Waals surface area contributed by atoms with Gasteiger partial charge in [-0.05, 0) is 93.3 Å². The summed E-state index contributed by atoms with van der Waals surface area (Å²) < 4.78 is 4.99. The van der Waals surface area contributed by atoms with Gasteiger partial charge in [0.15, 0.2) is 0 Å². The number of benzene rings is 4. The lowest BCUT2D eigenvalue weighted by Crippen LogP contribution is -1.95. The van der Waals surface area contributed by atoms with Gasteiger partial charge in [-0.2, -0.15) is 0 Å². The standard InChI is InChI=1S/C8H11NO.C8H11N.2C7H8N2O2/c1-6-5-7(10-2)3-4-8(6)9;1-6-4-3-5-8(9)7(6)2;1-5-4-6(9(10)11)2-3-7(5)8;1-5-6(8)3-2-4-7(5)9(10)11/h3-5H,9H2,1-2H3;3-5H,9H2,1-2H3;2*2-4H,8H2,1H3. The van der Waals surface area contributed by atoms with Crippen LogP contribution in [0.1, 0.15) is 27.8 Å². The van der Waals surface area contributed by atoms with Crippen molar-refractivity contribution in [1.29, 1.82) is 0 Å². The van der Waals surface area contributed by atoms with Crippen molar-refractivity contribution in [2.75, 3.05) is 30.0 Å². The van der Waals surface area contributed by atoms with Crippen molar-refractivity contribution in [3.05, 3.63) is 121 Å². The summed E-state index contributed by atoms with van der Waals surface area (Å²) in [4.78, 5) is 19.7. The molecule has 4 aromatic rings. The molecule has 41 heavy (non-hydrogen) atoms. The summed E-state index contributed by atoms with van der Waals surface area (Å²) in [7, 11) is 1.64. The Bertz CT molecular complexity index is 1470. The minimum Gasteiger partial charge on any atom is -0.497 e. The molecule has 0 unspecified atom stereocenters. The summed E-state index contributed by atoms with van der Waals surface area (Å²) in [5.41, 5.74) is 29.8. The first kappa shape index (κ1) is 33.7. The second-order valence-corrected chi connectivity index (χ2v) is 9.06. The van der Waals surface area contributed by atoms with Gasteiger partial charge in [0.1, 0.15) is 5.75 Å². The molecule has 0 aliphatic heterocycles. The fourth-order valence-electron chi connectivity index (χ4n) is 3.16. The summed E-state index contributed by atoms with van der Waals surface area (Å²) in [5.74, 6) is 0.853. The number of nitro benzene ring substituents is 2. The predicted octanol–water partition coefficient (Wildman–Crippen LogP) is 6.44. The van der Waals surface area contributed by atoms with Crippen molar-refractivity contribution in [3.63, 3.8) is 0 Å². The highest BCUT2D eigenvalue weighted by atomic mass is 16.6. The van der Waals surface area contributed by atoms with E-state index in [2.05, 4.69) is 13.0 Å². The van der Waals surface area contributed by atoms with Crippen molar-refractivity contribution < 1.29 is 14.6 Å². The number of aryl methyl sites for hydroxylation is 3. The van der Waals surface area contributed by atoms with E-state index in [0.717, 1.165) is 28.3 Å². The van der Waals surface area contributed by atoms with Crippen LogP contribution in [0, 0.1) is 54.8 Å². The van der Waals surface area contributed by atoms with Crippen LogP contribution in [0.15, 0.2) is 72.8 Å². The number of hydrogen-bond acceptors (Lipinski definition) is 9. The molecular formula is C30H38N6O5. The van der Waals surface area contributed by atoms with E-state index >= 15 is 0 Å². The number of non-ortho nitro benzene ring substituents is 1. The average molecular weight is 563 g/mol. The van der Waals surface area contributed by atoms with Crippen molar-refractivity contribution in [2.24, 2.45) is 0 Å². The van der Waals surface area contributed by atoms with Crippen LogP contribution in [-0.4, -0.2) is 17.0 Å². The maximum atomic E-state index is 10.3. The molecule has 0 bridgehead atoms. The van der Waals surface area contributed by atoms with Crippen LogP contribution < -0.4 is 27.7 Å². The molecule has 0 spiro atoms. The molecule has 0 atom stereocenters. The fraction of sp³-hybridized carbons (Fsp3) is 0.200. The topological polar surface area (TPSA) is 200 Å². The summed E-state index contributed by atoms with van der Waals surface area (Å²) in [6.45, 7) is 9.42. The highest BCUT2D eigenvalue weighted by molar-refractivity contribution is 5.56. The second kappa shape index (κ2) is 15.9. The van der Waals surface area contributed by atoms with E-state index in [9.17, 15) is 20.2 Å². The molecular weight excluding hydrogens is 524 g/mol. The van der Waals surface area contributed by atoms with E-state index in [4.69, 9.17) is 27.7 Å². The smallest absolute Gasteiger partial charge is 0.274 e. The summed E-state index contributed by atoms with van der Waals surface area (Å²) >= 11 is 0. The molecule has 0 saturated carbocycles. The van der Waals surface area contributed by atoms with Crippen LogP contribution in [0.3, 0.4) is 0 Å². The molecule has 11 nitrogen and oxygen atoms in total. The molecule has 0 aliphatic rings. The Labute approximate surface area is 240 Å². The number of methoxy groups -OCH3 is 1. The highest BCUT2D eigenvalue weighted by Crippen LogP contribution is 2.22. The molecule has 0 heterocycles. The van der Waals surface area contributed by atoms with Crippen LogP contribution in [-0.2, 0) is 0 Å². The Hall–Kier alpha value is -5.32. The minimum absolute atomic E-state index is 0.0741. The third kappa shape index (κ3) is 10.8.